The predicted molar refractivity (Wildman–Crippen MR) is 54.3 cm³/mol. The lowest BCUT2D eigenvalue weighted by Crippen LogP contribution is -2.46. The smallest absolute Gasteiger partial charge is 0.0621 e. The zero-order valence-electron chi connectivity index (χ0n) is 8.63. The molecule has 1 aliphatic heterocycles. The van der Waals surface area contributed by atoms with E-state index in [0.29, 0.717) is 0 Å². The van der Waals surface area contributed by atoms with E-state index in [1.165, 1.54) is 38.9 Å². The molecule has 1 rings (SSSR count). The highest BCUT2D eigenvalue weighted by molar-refractivity contribution is 4.79. The van der Waals surface area contributed by atoms with Gasteiger partial charge < -0.3 is 4.90 Å². The number of rotatable bonds is 6. The summed E-state index contributed by atoms with van der Waals surface area (Å²) in [4.78, 5) is 2.51. The van der Waals surface area contributed by atoms with Crippen molar-refractivity contribution < 1.29 is 0 Å². The summed E-state index contributed by atoms with van der Waals surface area (Å²) >= 11 is 0. The molecule has 1 heterocycles. The van der Waals surface area contributed by atoms with E-state index in [-0.39, 0.29) is 0 Å². The Hall–Kier alpha value is -0.550. The fraction of sp³-hybridized carbons (Fsp3) is 0.909. The van der Waals surface area contributed by atoms with Gasteiger partial charge in [0.1, 0.15) is 0 Å². The number of likely N-dealkylation sites (tertiary alicyclic amines) is 1. The fourth-order valence-electron chi connectivity index (χ4n) is 1.99. The average Bonchev–Trinajstić information content (AvgIpc) is 2.07. The van der Waals surface area contributed by atoms with Gasteiger partial charge in [-0.1, -0.05) is 13.3 Å². The van der Waals surface area contributed by atoms with E-state index >= 15 is 0 Å². The molecule has 13 heavy (non-hydrogen) atoms. The van der Waals surface area contributed by atoms with E-state index in [1.54, 1.807) is 0 Å². The second-order valence-corrected chi connectivity index (χ2v) is 4.03. The molecule has 0 N–H and O–H groups in total. The minimum absolute atomic E-state index is 0.728. The quantitative estimate of drug-likeness (QED) is 0.587. The molecule has 0 amide bonds. The number of nitriles is 1. The highest BCUT2D eigenvalue weighted by Gasteiger charge is 2.24. The molecule has 0 spiro atoms. The Labute approximate surface area is 81.5 Å². The standard InChI is InChI=1S/C11H20N2/c1-2-6-11-9-13(10-11)8-5-3-4-7-12/h11H,2-6,8-10H2,1H3. The van der Waals surface area contributed by atoms with Crippen molar-refractivity contribution in [2.24, 2.45) is 5.92 Å². The largest absolute Gasteiger partial charge is 0.303 e. The molecule has 0 aliphatic carbocycles. The molecule has 0 aromatic rings. The van der Waals surface area contributed by atoms with Crippen LogP contribution in [0.5, 0.6) is 0 Å². The molecular weight excluding hydrogens is 160 g/mol. The lowest BCUT2D eigenvalue weighted by molar-refractivity contribution is 0.0921. The lowest BCUT2D eigenvalue weighted by Gasteiger charge is -2.39. The van der Waals surface area contributed by atoms with Crippen molar-refractivity contribution in [2.45, 2.75) is 39.0 Å². The Balaban J connectivity index is 1.88. The van der Waals surface area contributed by atoms with Gasteiger partial charge in [-0.25, -0.2) is 0 Å². The van der Waals surface area contributed by atoms with E-state index < -0.39 is 0 Å². The first-order valence-corrected chi connectivity index (χ1v) is 5.46. The second kappa shape index (κ2) is 5.99. The van der Waals surface area contributed by atoms with E-state index in [4.69, 9.17) is 5.26 Å². The molecule has 1 fully saturated rings. The van der Waals surface area contributed by atoms with Crippen LogP contribution in [0.1, 0.15) is 39.0 Å². The van der Waals surface area contributed by atoms with E-state index in [9.17, 15) is 0 Å². The summed E-state index contributed by atoms with van der Waals surface area (Å²) in [6.07, 6.45) is 5.73. The number of nitrogens with zero attached hydrogens (tertiary/aromatic N) is 2. The Morgan fingerprint density at radius 2 is 2.15 bits per heavy atom. The highest BCUT2D eigenvalue weighted by atomic mass is 15.2. The van der Waals surface area contributed by atoms with Gasteiger partial charge in [0.25, 0.3) is 0 Å². The number of unbranched alkanes of at least 4 members (excludes halogenated alkanes) is 2. The molecule has 0 bridgehead atoms. The molecule has 74 valence electrons. The Bertz CT molecular complexity index is 165. The SMILES string of the molecule is CCCC1CN(CCCCC#N)C1. The van der Waals surface area contributed by atoms with Crippen LogP contribution in [0.15, 0.2) is 0 Å². The summed E-state index contributed by atoms with van der Waals surface area (Å²) in [6.45, 7) is 6.08. The molecule has 1 aliphatic rings. The van der Waals surface area contributed by atoms with Gasteiger partial charge in [-0.05, 0) is 31.7 Å². The zero-order valence-corrected chi connectivity index (χ0v) is 8.63. The van der Waals surface area contributed by atoms with Gasteiger partial charge in [0.2, 0.25) is 0 Å². The molecule has 0 unspecified atom stereocenters. The third kappa shape index (κ3) is 3.78. The lowest BCUT2D eigenvalue weighted by atomic mass is 9.95. The third-order valence-corrected chi connectivity index (χ3v) is 2.74. The van der Waals surface area contributed by atoms with Crippen LogP contribution in [0.4, 0.5) is 0 Å². The number of hydrogen-bond acceptors (Lipinski definition) is 2. The van der Waals surface area contributed by atoms with E-state index in [2.05, 4.69) is 17.9 Å². The highest BCUT2D eigenvalue weighted by Crippen LogP contribution is 2.20. The maximum Gasteiger partial charge on any atom is 0.0621 e. The van der Waals surface area contributed by atoms with Gasteiger partial charge in [0.05, 0.1) is 6.07 Å². The molecule has 0 aromatic carbocycles. The summed E-state index contributed by atoms with van der Waals surface area (Å²) in [5, 5.41) is 8.35. The van der Waals surface area contributed by atoms with Crippen molar-refractivity contribution in [2.75, 3.05) is 19.6 Å². The number of hydrogen-bond donors (Lipinski definition) is 0. The van der Waals surface area contributed by atoms with E-state index in [0.717, 1.165) is 18.8 Å². The molecule has 0 radical (unpaired) electrons. The molecule has 0 atom stereocenters. The van der Waals surface area contributed by atoms with Gasteiger partial charge in [0, 0.05) is 19.5 Å². The molecule has 0 saturated carbocycles. The van der Waals surface area contributed by atoms with Gasteiger partial charge in [-0.15, -0.1) is 0 Å². The van der Waals surface area contributed by atoms with Crippen LogP contribution in [-0.4, -0.2) is 24.5 Å². The summed E-state index contributed by atoms with van der Waals surface area (Å²) in [5.74, 6) is 0.973. The third-order valence-electron chi connectivity index (χ3n) is 2.74. The molecule has 0 aromatic heterocycles. The van der Waals surface area contributed by atoms with Crippen LogP contribution < -0.4 is 0 Å². The van der Waals surface area contributed by atoms with Gasteiger partial charge >= 0.3 is 0 Å². The topological polar surface area (TPSA) is 27.0 Å². The van der Waals surface area contributed by atoms with Crippen LogP contribution >= 0.6 is 0 Å². The van der Waals surface area contributed by atoms with Crippen LogP contribution in [0.25, 0.3) is 0 Å². The van der Waals surface area contributed by atoms with Crippen LogP contribution in [0.2, 0.25) is 0 Å². The minimum atomic E-state index is 0.728. The summed E-state index contributed by atoms with van der Waals surface area (Å²) in [6, 6.07) is 2.19. The molecule has 1 saturated heterocycles. The van der Waals surface area contributed by atoms with Gasteiger partial charge in [-0.3, -0.25) is 0 Å². The van der Waals surface area contributed by atoms with Gasteiger partial charge in [0.15, 0.2) is 0 Å². The monoisotopic (exact) mass is 180 g/mol. The first-order chi connectivity index (χ1) is 6.36. The molecule has 2 heteroatoms. The minimum Gasteiger partial charge on any atom is -0.303 e. The van der Waals surface area contributed by atoms with Crippen molar-refractivity contribution in [3.05, 3.63) is 0 Å². The van der Waals surface area contributed by atoms with Crippen molar-refractivity contribution in [1.82, 2.24) is 4.90 Å². The maximum atomic E-state index is 8.35. The van der Waals surface area contributed by atoms with Crippen LogP contribution in [0, 0.1) is 17.2 Å². The van der Waals surface area contributed by atoms with Crippen molar-refractivity contribution in [3.8, 4) is 6.07 Å². The second-order valence-electron chi connectivity index (χ2n) is 4.03. The van der Waals surface area contributed by atoms with E-state index in [1.807, 2.05) is 0 Å². The zero-order chi connectivity index (χ0) is 9.52. The Morgan fingerprint density at radius 3 is 2.77 bits per heavy atom. The first-order valence-electron chi connectivity index (χ1n) is 5.46. The fourth-order valence-corrected chi connectivity index (χ4v) is 1.99. The average molecular weight is 180 g/mol. The first kappa shape index (κ1) is 10.5. The van der Waals surface area contributed by atoms with Crippen molar-refractivity contribution in [3.63, 3.8) is 0 Å². The van der Waals surface area contributed by atoms with Crippen LogP contribution in [0.3, 0.4) is 0 Å². The summed E-state index contributed by atoms with van der Waals surface area (Å²) in [7, 11) is 0. The Morgan fingerprint density at radius 1 is 1.38 bits per heavy atom. The predicted octanol–water partition coefficient (Wildman–Crippen LogP) is 2.41. The normalized spacial score (nSPS) is 18.2. The summed E-state index contributed by atoms with van der Waals surface area (Å²) in [5.41, 5.74) is 0. The van der Waals surface area contributed by atoms with Crippen molar-refractivity contribution >= 4 is 0 Å². The molecule has 2 nitrogen and oxygen atoms in total. The van der Waals surface area contributed by atoms with Crippen molar-refractivity contribution in [1.29, 1.82) is 5.26 Å². The summed E-state index contributed by atoms with van der Waals surface area (Å²) < 4.78 is 0. The molecular formula is C11H20N2. The Kier molecular flexibility index (Phi) is 4.85. The maximum absolute atomic E-state index is 8.35. The van der Waals surface area contributed by atoms with Gasteiger partial charge in [-0.2, -0.15) is 5.26 Å². The van der Waals surface area contributed by atoms with Crippen LogP contribution in [-0.2, 0) is 0 Å².